The molecule has 0 aliphatic carbocycles. The average molecular weight is 133 g/mol. The van der Waals surface area contributed by atoms with Crippen LogP contribution in [0.1, 0.15) is 0 Å². The Hall–Kier alpha value is -0.640. The van der Waals surface area contributed by atoms with Gasteiger partial charge in [0.1, 0.15) is 0 Å². The number of alkyl halides is 1. The summed E-state index contributed by atoms with van der Waals surface area (Å²) in [5.74, 6) is -1.65. The van der Waals surface area contributed by atoms with Crippen molar-refractivity contribution >= 4 is 5.97 Å². The number of halogens is 1. The van der Waals surface area contributed by atoms with E-state index < -0.39 is 12.1 Å². The van der Waals surface area contributed by atoms with Gasteiger partial charge in [0.15, 0.2) is 0 Å². The number of aliphatic carboxylic acids is 1. The lowest BCUT2D eigenvalue weighted by molar-refractivity contribution is -0.145. The summed E-state index contributed by atoms with van der Waals surface area (Å²) in [7, 11) is 0. The van der Waals surface area contributed by atoms with Gasteiger partial charge in [-0.15, -0.1) is 0 Å². The molecule has 1 saturated heterocycles. The van der Waals surface area contributed by atoms with Gasteiger partial charge in [-0.25, -0.2) is 9.18 Å². The van der Waals surface area contributed by atoms with Crippen LogP contribution in [0.3, 0.4) is 0 Å². The predicted molar refractivity (Wildman–Crippen MR) is 28.9 cm³/mol. The first-order valence-electron chi connectivity index (χ1n) is 2.79. The zero-order chi connectivity index (χ0) is 6.85. The SMILES string of the molecule is O=C(O)C(F)C1CNC1. The van der Waals surface area contributed by atoms with Crippen molar-refractivity contribution in [1.82, 2.24) is 5.32 Å². The molecule has 0 amide bonds. The maximum Gasteiger partial charge on any atom is 0.338 e. The zero-order valence-electron chi connectivity index (χ0n) is 4.80. The number of carboxylic acid groups (broad SMARTS) is 1. The van der Waals surface area contributed by atoms with Gasteiger partial charge in [0.2, 0.25) is 6.17 Å². The molecule has 52 valence electrons. The normalized spacial score (nSPS) is 22.8. The highest BCUT2D eigenvalue weighted by molar-refractivity contribution is 5.72. The van der Waals surface area contributed by atoms with E-state index >= 15 is 0 Å². The van der Waals surface area contributed by atoms with Crippen LogP contribution in [0.2, 0.25) is 0 Å². The van der Waals surface area contributed by atoms with Gasteiger partial charge in [0.05, 0.1) is 0 Å². The molecular weight excluding hydrogens is 125 g/mol. The minimum atomic E-state index is -1.67. The molecule has 1 aliphatic heterocycles. The van der Waals surface area contributed by atoms with E-state index in [1.54, 1.807) is 0 Å². The van der Waals surface area contributed by atoms with Crippen LogP contribution in [0, 0.1) is 5.92 Å². The van der Waals surface area contributed by atoms with E-state index in [0.717, 1.165) is 0 Å². The molecule has 1 rings (SSSR count). The average Bonchev–Trinajstić information content (AvgIpc) is 1.60. The monoisotopic (exact) mass is 133 g/mol. The third-order valence-electron chi connectivity index (χ3n) is 1.46. The van der Waals surface area contributed by atoms with Crippen molar-refractivity contribution in [3.05, 3.63) is 0 Å². The first-order valence-corrected chi connectivity index (χ1v) is 2.79. The largest absolute Gasteiger partial charge is 0.479 e. The number of hydrogen-bond acceptors (Lipinski definition) is 2. The number of rotatable bonds is 2. The summed E-state index contributed by atoms with van der Waals surface area (Å²) in [6.45, 7) is 0.987. The maximum atomic E-state index is 12.3. The molecule has 0 radical (unpaired) electrons. The fourth-order valence-electron chi connectivity index (χ4n) is 0.720. The van der Waals surface area contributed by atoms with Crippen LogP contribution in [0.4, 0.5) is 4.39 Å². The van der Waals surface area contributed by atoms with Crippen molar-refractivity contribution in [2.45, 2.75) is 6.17 Å². The highest BCUT2D eigenvalue weighted by atomic mass is 19.1. The maximum absolute atomic E-state index is 12.3. The van der Waals surface area contributed by atoms with E-state index in [-0.39, 0.29) is 5.92 Å². The molecule has 0 aromatic carbocycles. The van der Waals surface area contributed by atoms with E-state index in [9.17, 15) is 9.18 Å². The van der Waals surface area contributed by atoms with Crippen LogP contribution in [0.15, 0.2) is 0 Å². The number of hydrogen-bond donors (Lipinski definition) is 2. The first kappa shape index (κ1) is 6.48. The highest BCUT2D eigenvalue weighted by Crippen LogP contribution is 2.12. The molecule has 1 atom stereocenters. The quantitative estimate of drug-likeness (QED) is 0.540. The Bertz CT molecular complexity index is 124. The fourth-order valence-corrected chi connectivity index (χ4v) is 0.720. The van der Waals surface area contributed by atoms with Crippen molar-refractivity contribution in [2.75, 3.05) is 13.1 Å². The van der Waals surface area contributed by atoms with Gasteiger partial charge < -0.3 is 10.4 Å². The second-order valence-electron chi connectivity index (χ2n) is 2.16. The number of carboxylic acids is 1. The summed E-state index contributed by atoms with van der Waals surface area (Å²) in [4.78, 5) is 9.93. The lowest BCUT2D eigenvalue weighted by Gasteiger charge is -2.27. The molecule has 0 bridgehead atoms. The molecule has 3 nitrogen and oxygen atoms in total. The van der Waals surface area contributed by atoms with Crippen molar-refractivity contribution in [1.29, 1.82) is 0 Å². The van der Waals surface area contributed by atoms with Crippen LogP contribution in [-0.4, -0.2) is 30.3 Å². The summed E-state index contributed by atoms with van der Waals surface area (Å²) in [6, 6.07) is 0. The Balaban J connectivity index is 2.32. The summed E-state index contributed by atoms with van der Waals surface area (Å²) in [5, 5.41) is 10.9. The Morgan fingerprint density at radius 3 is 2.44 bits per heavy atom. The fraction of sp³-hybridized carbons (Fsp3) is 0.800. The van der Waals surface area contributed by atoms with E-state index in [2.05, 4.69) is 5.32 Å². The minimum Gasteiger partial charge on any atom is -0.479 e. The van der Waals surface area contributed by atoms with Crippen molar-refractivity contribution in [3.8, 4) is 0 Å². The molecule has 0 spiro atoms. The predicted octanol–water partition coefficient (Wildman–Crippen LogP) is -0.372. The molecule has 1 fully saturated rings. The van der Waals surface area contributed by atoms with E-state index in [1.165, 1.54) is 0 Å². The minimum absolute atomic E-state index is 0.303. The Morgan fingerprint density at radius 2 is 2.33 bits per heavy atom. The van der Waals surface area contributed by atoms with Gasteiger partial charge in [-0.3, -0.25) is 0 Å². The second kappa shape index (κ2) is 2.31. The number of carbonyl (C=O) groups is 1. The molecule has 0 saturated carbocycles. The van der Waals surface area contributed by atoms with Crippen LogP contribution in [0.5, 0.6) is 0 Å². The molecular formula is C5H8FNO2. The van der Waals surface area contributed by atoms with E-state index in [1.807, 2.05) is 0 Å². The van der Waals surface area contributed by atoms with Gasteiger partial charge in [0.25, 0.3) is 0 Å². The van der Waals surface area contributed by atoms with Gasteiger partial charge in [0, 0.05) is 19.0 Å². The molecule has 1 unspecified atom stereocenters. The summed E-state index contributed by atoms with van der Waals surface area (Å²) >= 11 is 0. The smallest absolute Gasteiger partial charge is 0.338 e. The molecule has 1 heterocycles. The first-order chi connectivity index (χ1) is 4.22. The third-order valence-corrected chi connectivity index (χ3v) is 1.46. The molecule has 9 heavy (non-hydrogen) atoms. The highest BCUT2D eigenvalue weighted by Gasteiger charge is 2.31. The van der Waals surface area contributed by atoms with Crippen molar-refractivity contribution in [2.24, 2.45) is 5.92 Å². The van der Waals surface area contributed by atoms with Gasteiger partial charge >= 0.3 is 5.97 Å². The lowest BCUT2D eigenvalue weighted by Crippen LogP contribution is -2.49. The molecule has 4 heteroatoms. The summed E-state index contributed by atoms with van der Waals surface area (Å²) < 4.78 is 12.3. The number of nitrogens with one attached hydrogen (secondary N) is 1. The Labute approximate surface area is 51.9 Å². The van der Waals surface area contributed by atoms with Crippen molar-refractivity contribution in [3.63, 3.8) is 0 Å². The van der Waals surface area contributed by atoms with Crippen LogP contribution >= 0.6 is 0 Å². The Kier molecular flexibility index (Phi) is 1.66. The van der Waals surface area contributed by atoms with Gasteiger partial charge in [-0.05, 0) is 0 Å². The standard InChI is InChI=1S/C5H8FNO2/c6-4(5(8)9)3-1-7-2-3/h3-4,7H,1-2H2,(H,8,9). The third kappa shape index (κ3) is 1.18. The Morgan fingerprint density at radius 1 is 1.78 bits per heavy atom. The zero-order valence-corrected chi connectivity index (χ0v) is 4.80. The van der Waals surface area contributed by atoms with Gasteiger partial charge in [-0.1, -0.05) is 0 Å². The summed E-state index contributed by atoms with van der Waals surface area (Å²) in [5.41, 5.74) is 0. The van der Waals surface area contributed by atoms with E-state index in [4.69, 9.17) is 5.11 Å². The molecule has 0 aromatic rings. The topological polar surface area (TPSA) is 49.3 Å². The van der Waals surface area contributed by atoms with Gasteiger partial charge in [-0.2, -0.15) is 0 Å². The lowest BCUT2D eigenvalue weighted by atomic mass is 9.98. The van der Waals surface area contributed by atoms with Crippen LogP contribution in [-0.2, 0) is 4.79 Å². The van der Waals surface area contributed by atoms with E-state index in [0.29, 0.717) is 13.1 Å². The van der Waals surface area contributed by atoms with Crippen molar-refractivity contribution < 1.29 is 14.3 Å². The molecule has 1 aliphatic rings. The van der Waals surface area contributed by atoms with Crippen LogP contribution < -0.4 is 5.32 Å². The second-order valence-corrected chi connectivity index (χ2v) is 2.16. The molecule has 0 aromatic heterocycles. The summed E-state index contributed by atoms with van der Waals surface area (Å²) in [6.07, 6.45) is -1.67. The van der Waals surface area contributed by atoms with Crippen LogP contribution in [0.25, 0.3) is 0 Å². The molecule has 2 N–H and O–H groups in total.